The van der Waals surface area contributed by atoms with Crippen molar-refractivity contribution in [1.82, 2.24) is 9.66 Å². The minimum absolute atomic E-state index is 0.0800. The molecule has 1 amide bonds. The SMILES string of the molecule is O=C(Nn1ccnc1)c1ccc(/C(F)=C/C(c2cc(Cl)c(Cl)c(Cl)c2)C(F)(F)F)cc1C(F)(F)F. The third-order valence-corrected chi connectivity index (χ3v) is 5.81. The molecule has 14 heteroatoms. The summed E-state index contributed by atoms with van der Waals surface area (Å²) >= 11 is 17.3. The lowest BCUT2D eigenvalue weighted by Crippen LogP contribution is -2.24. The fourth-order valence-electron chi connectivity index (χ4n) is 3.01. The summed E-state index contributed by atoms with van der Waals surface area (Å²) in [4.78, 5) is 15.9. The van der Waals surface area contributed by atoms with E-state index in [1.807, 2.05) is 0 Å². The molecule has 0 aliphatic carbocycles. The van der Waals surface area contributed by atoms with Gasteiger partial charge in [0, 0.05) is 18.0 Å². The van der Waals surface area contributed by atoms with Gasteiger partial charge in [-0.2, -0.15) is 26.3 Å². The highest BCUT2D eigenvalue weighted by molar-refractivity contribution is 6.48. The molecule has 35 heavy (non-hydrogen) atoms. The summed E-state index contributed by atoms with van der Waals surface area (Å²) < 4.78 is 97.8. The molecule has 0 spiro atoms. The van der Waals surface area contributed by atoms with Gasteiger partial charge < -0.3 is 0 Å². The summed E-state index contributed by atoms with van der Waals surface area (Å²) in [6.45, 7) is 0. The van der Waals surface area contributed by atoms with Gasteiger partial charge in [0.2, 0.25) is 0 Å². The van der Waals surface area contributed by atoms with Crippen LogP contribution in [0.1, 0.15) is 33.0 Å². The average Bonchev–Trinajstić information content (AvgIpc) is 3.26. The number of imidazole rings is 1. The molecular weight excluding hydrogens is 550 g/mol. The van der Waals surface area contributed by atoms with E-state index in [1.165, 1.54) is 12.4 Å². The van der Waals surface area contributed by atoms with Gasteiger partial charge in [-0.1, -0.05) is 40.9 Å². The molecule has 1 unspecified atom stereocenters. The first-order valence-electron chi connectivity index (χ1n) is 9.28. The van der Waals surface area contributed by atoms with Crippen LogP contribution in [-0.2, 0) is 6.18 Å². The van der Waals surface area contributed by atoms with E-state index in [1.54, 1.807) is 0 Å². The Bertz CT molecular complexity index is 1250. The molecule has 1 atom stereocenters. The summed E-state index contributed by atoms with van der Waals surface area (Å²) in [5.41, 5.74) is -1.75. The van der Waals surface area contributed by atoms with Crippen molar-refractivity contribution in [2.24, 2.45) is 0 Å². The zero-order valence-electron chi connectivity index (χ0n) is 16.9. The lowest BCUT2D eigenvalue weighted by atomic mass is 9.95. The Morgan fingerprint density at radius 2 is 1.66 bits per heavy atom. The van der Waals surface area contributed by atoms with E-state index >= 15 is 0 Å². The van der Waals surface area contributed by atoms with Crippen LogP contribution in [0.3, 0.4) is 0 Å². The fourth-order valence-corrected chi connectivity index (χ4v) is 3.62. The maximum absolute atomic E-state index is 14.9. The Morgan fingerprint density at radius 1 is 1.03 bits per heavy atom. The highest BCUT2D eigenvalue weighted by Crippen LogP contribution is 2.42. The molecular formula is C21H11Cl3F7N3O. The van der Waals surface area contributed by atoms with Gasteiger partial charge in [0.05, 0.1) is 26.2 Å². The zero-order chi connectivity index (χ0) is 26.1. The first-order valence-corrected chi connectivity index (χ1v) is 10.4. The number of aromatic nitrogens is 2. The molecule has 186 valence electrons. The Labute approximate surface area is 207 Å². The number of rotatable bonds is 5. The monoisotopic (exact) mass is 559 g/mol. The van der Waals surface area contributed by atoms with Gasteiger partial charge >= 0.3 is 12.4 Å². The van der Waals surface area contributed by atoms with Crippen molar-refractivity contribution in [3.05, 3.63) is 92.5 Å². The Balaban J connectivity index is 2.05. The zero-order valence-corrected chi connectivity index (χ0v) is 19.1. The second kappa shape index (κ2) is 10.1. The molecule has 0 saturated carbocycles. The number of halogens is 10. The standard InChI is InChI=1S/C21H11Cl3F7N3O/c22-15-6-11(7-16(23)18(15)24)13(20(26,27)28)8-17(25)10-1-2-12(14(5-10)21(29,30)31)19(35)33-34-4-3-32-9-34/h1-9,13H,(H,33,35)/b17-8-. The van der Waals surface area contributed by atoms with Gasteiger partial charge in [-0.3, -0.25) is 10.2 Å². The number of hydrogen-bond acceptors (Lipinski definition) is 2. The van der Waals surface area contributed by atoms with E-state index in [2.05, 4.69) is 10.4 Å². The van der Waals surface area contributed by atoms with E-state index in [-0.39, 0.29) is 27.2 Å². The van der Waals surface area contributed by atoms with E-state index in [0.717, 1.165) is 29.2 Å². The summed E-state index contributed by atoms with van der Waals surface area (Å²) in [5.74, 6) is -5.44. The van der Waals surface area contributed by atoms with Crippen LogP contribution in [0.25, 0.3) is 5.83 Å². The molecule has 3 rings (SSSR count). The molecule has 0 bridgehead atoms. The quantitative estimate of drug-likeness (QED) is 0.255. The van der Waals surface area contributed by atoms with E-state index < -0.39 is 52.3 Å². The molecule has 0 aliphatic heterocycles. The summed E-state index contributed by atoms with van der Waals surface area (Å²) in [6.07, 6.45) is -6.50. The average molecular weight is 561 g/mol. The molecule has 0 radical (unpaired) electrons. The molecule has 0 fully saturated rings. The van der Waals surface area contributed by atoms with E-state index in [9.17, 15) is 35.5 Å². The summed E-state index contributed by atoms with van der Waals surface area (Å²) in [6, 6.07) is 3.28. The molecule has 1 aromatic heterocycles. The number of allylic oxidation sites excluding steroid dienone is 1. The second-order valence-corrected chi connectivity index (χ2v) is 8.19. The fraction of sp³-hybridized carbons (Fsp3) is 0.143. The van der Waals surface area contributed by atoms with Crippen molar-refractivity contribution in [1.29, 1.82) is 0 Å². The van der Waals surface area contributed by atoms with Gasteiger partial charge in [0.15, 0.2) is 0 Å². The van der Waals surface area contributed by atoms with Crippen LogP contribution in [0.2, 0.25) is 15.1 Å². The predicted octanol–water partition coefficient (Wildman–Crippen LogP) is 7.90. The number of hydrogen-bond donors (Lipinski definition) is 1. The lowest BCUT2D eigenvalue weighted by Gasteiger charge is -2.19. The largest absolute Gasteiger partial charge is 0.417 e. The number of nitrogens with one attached hydrogen (secondary N) is 1. The van der Waals surface area contributed by atoms with Gasteiger partial charge in [-0.25, -0.2) is 14.1 Å². The number of benzene rings is 2. The third-order valence-electron chi connectivity index (χ3n) is 4.61. The molecule has 4 nitrogen and oxygen atoms in total. The van der Waals surface area contributed by atoms with Crippen LogP contribution < -0.4 is 5.43 Å². The molecule has 2 aromatic carbocycles. The van der Waals surface area contributed by atoms with Crippen LogP contribution in [0, 0.1) is 0 Å². The normalized spacial score (nSPS) is 13.6. The highest BCUT2D eigenvalue weighted by Gasteiger charge is 2.41. The topological polar surface area (TPSA) is 46.9 Å². The van der Waals surface area contributed by atoms with Crippen molar-refractivity contribution in [3.63, 3.8) is 0 Å². The number of carbonyl (C=O) groups excluding carboxylic acids is 1. The predicted molar refractivity (Wildman–Crippen MR) is 117 cm³/mol. The first-order chi connectivity index (χ1) is 16.2. The first kappa shape index (κ1) is 26.8. The van der Waals surface area contributed by atoms with Crippen LogP contribution in [0.4, 0.5) is 30.7 Å². The van der Waals surface area contributed by atoms with E-state index in [0.29, 0.717) is 6.07 Å². The minimum atomic E-state index is -5.13. The third kappa shape index (κ3) is 6.28. The Morgan fingerprint density at radius 3 is 2.17 bits per heavy atom. The smallest absolute Gasteiger partial charge is 0.267 e. The maximum atomic E-state index is 14.9. The van der Waals surface area contributed by atoms with Crippen molar-refractivity contribution >= 4 is 46.5 Å². The van der Waals surface area contributed by atoms with E-state index in [4.69, 9.17) is 34.8 Å². The second-order valence-electron chi connectivity index (χ2n) is 7.00. The van der Waals surface area contributed by atoms with Crippen molar-refractivity contribution < 1.29 is 35.5 Å². The van der Waals surface area contributed by atoms with Gasteiger partial charge in [-0.05, 0) is 35.9 Å². The Hall–Kier alpha value is -2.76. The van der Waals surface area contributed by atoms with Crippen LogP contribution in [-0.4, -0.2) is 21.7 Å². The van der Waals surface area contributed by atoms with Gasteiger partial charge in [0.25, 0.3) is 5.91 Å². The molecule has 1 heterocycles. The molecule has 0 saturated heterocycles. The van der Waals surface area contributed by atoms with Crippen molar-refractivity contribution in [2.75, 3.05) is 5.43 Å². The van der Waals surface area contributed by atoms with Crippen molar-refractivity contribution in [3.8, 4) is 0 Å². The lowest BCUT2D eigenvalue weighted by molar-refractivity contribution is -0.140. The highest BCUT2D eigenvalue weighted by atomic mass is 35.5. The maximum Gasteiger partial charge on any atom is 0.417 e. The molecule has 1 N–H and O–H groups in total. The minimum Gasteiger partial charge on any atom is -0.267 e. The van der Waals surface area contributed by atoms with Crippen LogP contribution >= 0.6 is 34.8 Å². The number of amides is 1. The Kier molecular flexibility index (Phi) is 7.73. The van der Waals surface area contributed by atoms with Gasteiger partial charge in [-0.15, -0.1) is 0 Å². The molecule has 3 aromatic rings. The summed E-state index contributed by atoms with van der Waals surface area (Å²) in [7, 11) is 0. The van der Waals surface area contributed by atoms with Gasteiger partial charge in [0.1, 0.15) is 18.1 Å². The molecule has 0 aliphatic rings. The summed E-state index contributed by atoms with van der Waals surface area (Å²) in [5, 5.41) is -0.878. The van der Waals surface area contributed by atoms with Crippen LogP contribution in [0.15, 0.2) is 55.1 Å². The number of nitrogens with zero attached hydrogens (tertiary/aromatic N) is 2. The number of alkyl halides is 6. The number of carbonyl (C=O) groups is 1. The van der Waals surface area contributed by atoms with Crippen LogP contribution in [0.5, 0.6) is 0 Å². The van der Waals surface area contributed by atoms with Crippen molar-refractivity contribution in [2.45, 2.75) is 18.3 Å².